The lowest BCUT2D eigenvalue weighted by molar-refractivity contribution is 0.0356. The molecule has 1 aromatic carbocycles. The van der Waals surface area contributed by atoms with E-state index in [4.69, 9.17) is 9.47 Å². The molecule has 29 heavy (non-hydrogen) atoms. The molecule has 3 rings (SSSR count). The molecular weight excluding hydrogens is 390 g/mol. The van der Waals surface area contributed by atoms with Gasteiger partial charge in [0.25, 0.3) is 0 Å². The van der Waals surface area contributed by atoms with E-state index in [1.54, 1.807) is 28.6 Å². The van der Waals surface area contributed by atoms with Gasteiger partial charge in [0.05, 0.1) is 24.7 Å². The van der Waals surface area contributed by atoms with E-state index in [-0.39, 0.29) is 0 Å². The summed E-state index contributed by atoms with van der Waals surface area (Å²) in [5, 5.41) is 0. The predicted molar refractivity (Wildman–Crippen MR) is 114 cm³/mol. The molecule has 0 radical (unpaired) electrons. The number of rotatable bonds is 10. The number of hydrogen-bond donors (Lipinski definition) is 0. The van der Waals surface area contributed by atoms with Crippen LogP contribution in [0, 0.1) is 0 Å². The van der Waals surface area contributed by atoms with Crippen LogP contribution in [0.4, 0.5) is 0 Å². The standard InChI is InChI=1S/C21H35N3O4S/c1-2-3-17-28-20-5-7-21(8-6-20)29(25,26)24-13-11-22(12-14-24)9-4-10-23-15-18-27-19-16-23/h5-8H,2-4,9-19H2,1H3. The van der Waals surface area contributed by atoms with Crippen LogP contribution < -0.4 is 4.74 Å². The Kier molecular flexibility index (Phi) is 8.74. The highest BCUT2D eigenvalue weighted by molar-refractivity contribution is 7.89. The molecule has 1 aromatic rings. The number of morpholine rings is 1. The molecule has 2 heterocycles. The maximum atomic E-state index is 12.9. The van der Waals surface area contributed by atoms with E-state index >= 15 is 0 Å². The van der Waals surface area contributed by atoms with E-state index in [2.05, 4.69) is 16.7 Å². The molecule has 7 nitrogen and oxygen atoms in total. The van der Waals surface area contributed by atoms with Crippen molar-refractivity contribution in [1.29, 1.82) is 0 Å². The molecule has 0 amide bonds. The fourth-order valence-electron chi connectivity index (χ4n) is 3.73. The molecule has 0 saturated carbocycles. The molecular formula is C21H35N3O4S. The molecule has 2 fully saturated rings. The first-order chi connectivity index (χ1) is 14.1. The van der Waals surface area contributed by atoms with E-state index in [0.717, 1.165) is 77.5 Å². The number of nitrogens with zero attached hydrogens (tertiary/aromatic N) is 3. The van der Waals surface area contributed by atoms with Gasteiger partial charge in [-0.3, -0.25) is 4.90 Å². The van der Waals surface area contributed by atoms with Crippen LogP contribution in [0.1, 0.15) is 26.2 Å². The molecule has 0 aliphatic carbocycles. The zero-order chi connectivity index (χ0) is 20.5. The first-order valence-corrected chi connectivity index (χ1v) is 12.3. The molecule has 164 valence electrons. The molecule has 0 N–H and O–H groups in total. The molecule has 0 spiro atoms. The molecule has 2 saturated heterocycles. The summed E-state index contributed by atoms with van der Waals surface area (Å²) in [6.07, 6.45) is 3.19. The second-order valence-corrected chi connectivity index (χ2v) is 9.66. The van der Waals surface area contributed by atoms with Crippen molar-refractivity contribution in [1.82, 2.24) is 14.1 Å². The van der Waals surface area contributed by atoms with E-state index < -0.39 is 10.0 Å². The van der Waals surface area contributed by atoms with Crippen molar-refractivity contribution in [2.45, 2.75) is 31.1 Å². The number of unbranched alkanes of at least 4 members (excludes halogenated alkanes) is 1. The summed E-state index contributed by atoms with van der Waals surface area (Å²) in [4.78, 5) is 5.16. The van der Waals surface area contributed by atoms with E-state index in [1.165, 1.54) is 0 Å². The molecule has 0 atom stereocenters. The number of ether oxygens (including phenoxy) is 2. The van der Waals surface area contributed by atoms with Crippen LogP contribution in [-0.4, -0.2) is 94.7 Å². The third kappa shape index (κ3) is 6.65. The fourth-order valence-corrected chi connectivity index (χ4v) is 5.15. The van der Waals surface area contributed by atoms with Crippen LogP contribution in [-0.2, 0) is 14.8 Å². The van der Waals surface area contributed by atoms with Gasteiger partial charge in [0.1, 0.15) is 5.75 Å². The van der Waals surface area contributed by atoms with Gasteiger partial charge in [-0.15, -0.1) is 0 Å². The van der Waals surface area contributed by atoms with Gasteiger partial charge < -0.3 is 14.4 Å². The van der Waals surface area contributed by atoms with Gasteiger partial charge in [-0.1, -0.05) is 13.3 Å². The quantitative estimate of drug-likeness (QED) is 0.534. The number of benzene rings is 1. The average Bonchev–Trinajstić information content (AvgIpc) is 2.75. The lowest BCUT2D eigenvalue weighted by atomic mass is 10.3. The molecule has 2 aliphatic heterocycles. The summed E-state index contributed by atoms with van der Waals surface area (Å²) in [6, 6.07) is 6.82. The predicted octanol–water partition coefficient (Wildman–Crippen LogP) is 1.89. The van der Waals surface area contributed by atoms with Gasteiger partial charge >= 0.3 is 0 Å². The largest absolute Gasteiger partial charge is 0.494 e. The zero-order valence-corrected chi connectivity index (χ0v) is 18.4. The highest BCUT2D eigenvalue weighted by Gasteiger charge is 2.28. The summed E-state index contributed by atoms with van der Waals surface area (Å²) >= 11 is 0. The Labute approximate surface area is 175 Å². The van der Waals surface area contributed by atoms with Crippen molar-refractivity contribution in [3.8, 4) is 5.75 Å². The van der Waals surface area contributed by atoms with Gasteiger partial charge in [-0.05, 0) is 50.2 Å². The fraction of sp³-hybridized carbons (Fsp3) is 0.714. The first kappa shape index (κ1) is 22.5. The van der Waals surface area contributed by atoms with Crippen LogP contribution in [0.2, 0.25) is 0 Å². The summed E-state index contributed by atoms with van der Waals surface area (Å²) in [5.41, 5.74) is 0. The summed E-state index contributed by atoms with van der Waals surface area (Å²) < 4.78 is 38.5. The summed E-state index contributed by atoms with van der Waals surface area (Å²) in [6.45, 7) is 11.3. The molecule has 8 heteroatoms. The van der Waals surface area contributed by atoms with Crippen molar-refractivity contribution < 1.29 is 17.9 Å². The third-order valence-corrected chi connectivity index (χ3v) is 7.52. The zero-order valence-electron chi connectivity index (χ0n) is 17.6. The van der Waals surface area contributed by atoms with Crippen LogP contribution in [0.25, 0.3) is 0 Å². The van der Waals surface area contributed by atoms with E-state index in [0.29, 0.717) is 24.6 Å². The minimum atomic E-state index is -3.44. The molecule has 0 bridgehead atoms. The van der Waals surface area contributed by atoms with Crippen LogP contribution in [0.5, 0.6) is 5.75 Å². The Morgan fingerprint density at radius 1 is 0.897 bits per heavy atom. The Bertz CT molecular complexity index is 697. The number of hydrogen-bond acceptors (Lipinski definition) is 6. The van der Waals surface area contributed by atoms with Crippen molar-refractivity contribution in [2.24, 2.45) is 0 Å². The minimum absolute atomic E-state index is 0.348. The Balaban J connectivity index is 1.42. The second-order valence-electron chi connectivity index (χ2n) is 7.73. The van der Waals surface area contributed by atoms with Crippen molar-refractivity contribution >= 4 is 10.0 Å². The number of piperazine rings is 1. The Hall–Kier alpha value is -1.19. The Morgan fingerprint density at radius 2 is 1.52 bits per heavy atom. The highest BCUT2D eigenvalue weighted by atomic mass is 32.2. The molecule has 0 aromatic heterocycles. The van der Waals surface area contributed by atoms with Gasteiger partial charge in [-0.25, -0.2) is 8.42 Å². The van der Waals surface area contributed by atoms with E-state index in [9.17, 15) is 8.42 Å². The lowest BCUT2D eigenvalue weighted by Crippen LogP contribution is -2.49. The van der Waals surface area contributed by atoms with Crippen LogP contribution in [0.15, 0.2) is 29.2 Å². The van der Waals surface area contributed by atoms with Gasteiger partial charge in [0.15, 0.2) is 0 Å². The first-order valence-electron chi connectivity index (χ1n) is 10.8. The third-order valence-electron chi connectivity index (χ3n) is 5.61. The molecule has 2 aliphatic rings. The van der Waals surface area contributed by atoms with Crippen molar-refractivity contribution in [3.63, 3.8) is 0 Å². The Morgan fingerprint density at radius 3 is 2.14 bits per heavy atom. The maximum Gasteiger partial charge on any atom is 0.243 e. The van der Waals surface area contributed by atoms with Crippen molar-refractivity contribution in [2.75, 3.05) is 72.2 Å². The topological polar surface area (TPSA) is 62.3 Å². The SMILES string of the molecule is CCCCOc1ccc(S(=O)(=O)N2CCN(CCCN3CCOCC3)CC2)cc1. The highest BCUT2D eigenvalue weighted by Crippen LogP contribution is 2.21. The smallest absolute Gasteiger partial charge is 0.243 e. The van der Waals surface area contributed by atoms with Crippen molar-refractivity contribution in [3.05, 3.63) is 24.3 Å². The number of sulfonamides is 1. The monoisotopic (exact) mass is 425 g/mol. The summed E-state index contributed by atoms with van der Waals surface area (Å²) in [7, 11) is -3.44. The van der Waals surface area contributed by atoms with Gasteiger partial charge in [0.2, 0.25) is 10.0 Å². The average molecular weight is 426 g/mol. The van der Waals surface area contributed by atoms with E-state index in [1.807, 2.05) is 0 Å². The van der Waals surface area contributed by atoms with Gasteiger partial charge in [-0.2, -0.15) is 4.31 Å². The lowest BCUT2D eigenvalue weighted by Gasteiger charge is -2.34. The minimum Gasteiger partial charge on any atom is -0.494 e. The normalized spacial score (nSPS) is 20.0. The van der Waals surface area contributed by atoms with Gasteiger partial charge in [0, 0.05) is 39.3 Å². The maximum absolute atomic E-state index is 12.9. The van der Waals surface area contributed by atoms with Crippen LogP contribution >= 0.6 is 0 Å². The molecule has 0 unspecified atom stereocenters. The second kappa shape index (κ2) is 11.3. The van der Waals surface area contributed by atoms with Crippen LogP contribution in [0.3, 0.4) is 0 Å². The summed E-state index contributed by atoms with van der Waals surface area (Å²) in [5.74, 6) is 0.725.